The van der Waals surface area contributed by atoms with Crippen LogP contribution in [-0.2, 0) is 35.0 Å². The number of nitrogens with one attached hydrogen (secondary N) is 1. The van der Waals surface area contributed by atoms with Gasteiger partial charge in [-0.15, -0.1) is 0 Å². The Labute approximate surface area is 260 Å². The summed E-state index contributed by atoms with van der Waals surface area (Å²) < 4.78 is 15.7. The Morgan fingerprint density at radius 1 is 0.933 bits per heavy atom. The average molecular weight is 612 g/mol. The molecule has 0 saturated heterocycles. The van der Waals surface area contributed by atoms with E-state index >= 15 is 0 Å². The van der Waals surface area contributed by atoms with Crippen molar-refractivity contribution >= 4 is 29.7 Å². The van der Waals surface area contributed by atoms with Gasteiger partial charge in [0.15, 0.2) is 0 Å². The Hall–Kier alpha value is -5.58. The van der Waals surface area contributed by atoms with Gasteiger partial charge in [-0.05, 0) is 61.6 Å². The van der Waals surface area contributed by atoms with Crippen molar-refractivity contribution in [2.45, 2.75) is 33.1 Å². The zero-order valence-corrected chi connectivity index (χ0v) is 25.4. The minimum atomic E-state index is -0.991. The number of nitro benzene ring substituents is 1. The lowest BCUT2D eigenvalue weighted by molar-refractivity contribution is -0.384. The molecule has 0 amide bonds. The molecule has 1 unspecified atom stereocenters. The molecule has 0 aliphatic carbocycles. The summed E-state index contributed by atoms with van der Waals surface area (Å²) in [6.45, 7) is 4.45. The van der Waals surface area contributed by atoms with Crippen LogP contribution in [0, 0.1) is 10.1 Å². The first-order valence-electron chi connectivity index (χ1n) is 14.1. The first-order chi connectivity index (χ1) is 21.6. The second-order valence-electron chi connectivity index (χ2n) is 10.4. The summed E-state index contributed by atoms with van der Waals surface area (Å²) in [6, 6.07) is 17.4. The molecule has 232 valence electrons. The van der Waals surface area contributed by atoms with Crippen molar-refractivity contribution in [1.82, 2.24) is 10.3 Å². The summed E-state index contributed by atoms with van der Waals surface area (Å²) in [5, 5.41) is 14.4. The van der Waals surface area contributed by atoms with Crippen LogP contribution in [-0.4, -0.2) is 48.1 Å². The fraction of sp³-hybridized carbons (Fsp3) is 0.235. The number of allylic oxidation sites excluding steroid dienone is 2. The number of benzene rings is 2. The first-order valence-corrected chi connectivity index (χ1v) is 14.1. The molecule has 0 saturated carbocycles. The second-order valence-corrected chi connectivity index (χ2v) is 10.4. The molecule has 4 rings (SSSR count). The molecule has 2 heterocycles. The fourth-order valence-corrected chi connectivity index (χ4v) is 5.04. The molecular formula is C34H33N3O8. The Bertz CT molecular complexity index is 1690. The Morgan fingerprint density at radius 2 is 1.62 bits per heavy atom. The monoisotopic (exact) mass is 611 g/mol. The summed E-state index contributed by atoms with van der Waals surface area (Å²) >= 11 is 0. The lowest BCUT2D eigenvalue weighted by Gasteiger charge is -2.30. The van der Waals surface area contributed by atoms with Gasteiger partial charge in [0, 0.05) is 41.5 Å². The Morgan fingerprint density at radius 3 is 2.27 bits per heavy atom. The number of aromatic nitrogens is 1. The van der Waals surface area contributed by atoms with E-state index in [1.54, 1.807) is 39.1 Å². The highest BCUT2D eigenvalue weighted by molar-refractivity contribution is 6.00. The summed E-state index contributed by atoms with van der Waals surface area (Å²) in [5.74, 6) is -3.04. The number of nitrogens with zero attached hydrogens (tertiary/aromatic N) is 2. The molecule has 0 fully saturated rings. The lowest BCUT2D eigenvalue weighted by atomic mass is 9.80. The van der Waals surface area contributed by atoms with Crippen molar-refractivity contribution in [3.63, 3.8) is 0 Å². The third-order valence-corrected chi connectivity index (χ3v) is 7.17. The maximum atomic E-state index is 13.4. The van der Waals surface area contributed by atoms with Crippen LogP contribution in [0.25, 0.3) is 6.08 Å². The van der Waals surface area contributed by atoms with Crippen LogP contribution >= 0.6 is 0 Å². The van der Waals surface area contributed by atoms with E-state index in [0.29, 0.717) is 22.5 Å². The van der Waals surface area contributed by atoms with Gasteiger partial charge in [-0.1, -0.05) is 42.5 Å². The highest BCUT2D eigenvalue weighted by atomic mass is 16.6. The van der Waals surface area contributed by atoms with Gasteiger partial charge in [0.2, 0.25) is 0 Å². The number of carbonyl (C=O) groups is 3. The molecule has 11 heteroatoms. The average Bonchev–Trinajstić information content (AvgIpc) is 3.03. The zero-order valence-electron chi connectivity index (χ0n) is 25.4. The number of ether oxygens (including phenoxy) is 3. The molecule has 1 aliphatic rings. The maximum Gasteiger partial charge on any atom is 0.336 e. The van der Waals surface area contributed by atoms with Gasteiger partial charge < -0.3 is 19.5 Å². The van der Waals surface area contributed by atoms with Crippen LogP contribution in [0.4, 0.5) is 5.69 Å². The number of hydrogen-bond acceptors (Lipinski definition) is 10. The number of carbonyl (C=O) groups excluding carboxylic acids is 3. The van der Waals surface area contributed by atoms with Crippen LogP contribution < -0.4 is 5.32 Å². The molecule has 0 bridgehead atoms. The maximum absolute atomic E-state index is 13.4. The molecular weight excluding hydrogens is 578 g/mol. The van der Waals surface area contributed by atoms with Gasteiger partial charge in [-0.25, -0.2) is 14.4 Å². The number of pyridine rings is 1. The number of methoxy groups -OCH3 is 1. The number of dihydropyridines is 1. The minimum absolute atomic E-state index is 0.0795. The molecule has 1 aliphatic heterocycles. The molecule has 2 aromatic carbocycles. The molecule has 11 nitrogen and oxygen atoms in total. The number of non-ortho nitro benzene ring substituents is 1. The van der Waals surface area contributed by atoms with E-state index in [-0.39, 0.29) is 30.0 Å². The molecule has 0 spiro atoms. The van der Waals surface area contributed by atoms with Crippen LogP contribution in [0.2, 0.25) is 0 Å². The Balaban J connectivity index is 1.39. The molecule has 45 heavy (non-hydrogen) atoms. The largest absolute Gasteiger partial charge is 0.466 e. The number of hydrogen-bond donors (Lipinski definition) is 1. The minimum Gasteiger partial charge on any atom is -0.466 e. The van der Waals surface area contributed by atoms with Gasteiger partial charge in [0.1, 0.15) is 13.2 Å². The third-order valence-electron chi connectivity index (χ3n) is 7.17. The summed E-state index contributed by atoms with van der Waals surface area (Å²) in [6.07, 6.45) is 6.00. The van der Waals surface area contributed by atoms with Crippen molar-refractivity contribution in [2.75, 3.05) is 20.3 Å². The third kappa shape index (κ3) is 8.08. The molecule has 3 aromatic rings. The Kier molecular flexibility index (Phi) is 10.6. The van der Waals surface area contributed by atoms with Gasteiger partial charge in [0.05, 0.1) is 29.1 Å². The van der Waals surface area contributed by atoms with E-state index in [9.17, 15) is 24.5 Å². The number of rotatable bonds is 11. The van der Waals surface area contributed by atoms with Gasteiger partial charge in [-0.2, -0.15) is 0 Å². The van der Waals surface area contributed by atoms with E-state index in [1.807, 2.05) is 42.6 Å². The lowest BCUT2D eigenvalue weighted by Crippen LogP contribution is -2.32. The van der Waals surface area contributed by atoms with Crippen molar-refractivity contribution in [2.24, 2.45) is 0 Å². The number of nitro groups is 1. The highest BCUT2D eigenvalue weighted by Crippen LogP contribution is 2.40. The van der Waals surface area contributed by atoms with E-state index in [1.165, 1.54) is 25.3 Å². The van der Waals surface area contributed by atoms with Crippen molar-refractivity contribution in [3.05, 3.63) is 134 Å². The van der Waals surface area contributed by atoms with Crippen LogP contribution in [0.5, 0.6) is 0 Å². The molecule has 0 radical (unpaired) electrons. The highest BCUT2D eigenvalue weighted by Gasteiger charge is 2.38. The quantitative estimate of drug-likeness (QED) is 0.0768. The summed E-state index contributed by atoms with van der Waals surface area (Å²) in [7, 11) is 1.21. The predicted octanol–water partition coefficient (Wildman–Crippen LogP) is 5.18. The van der Waals surface area contributed by atoms with E-state index < -0.39 is 28.7 Å². The van der Waals surface area contributed by atoms with Crippen LogP contribution in [0.15, 0.2) is 101 Å². The molecule has 1 N–H and O–H groups in total. The second kappa shape index (κ2) is 14.7. The fourth-order valence-electron chi connectivity index (χ4n) is 5.04. The van der Waals surface area contributed by atoms with Crippen molar-refractivity contribution in [3.8, 4) is 0 Å². The summed E-state index contributed by atoms with van der Waals surface area (Å²) in [4.78, 5) is 53.7. The van der Waals surface area contributed by atoms with Crippen LogP contribution in [0.1, 0.15) is 48.9 Å². The van der Waals surface area contributed by atoms with Crippen LogP contribution in [0.3, 0.4) is 0 Å². The van der Waals surface area contributed by atoms with Crippen molar-refractivity contribution in [1.29, 1.82) is 0 Å². The summed E-state index contributed by atoms with van der Waals surface area (Å²) in [5.41, 5.74) is 4.59. The standard InChI is InChI=1S/C34H33N3O8/c1-21(17-24-10-12-25(13-11-24)18-26-7-6-14-35-20-26)32(38)44-15-16-45-34(40)30-23(3)36-22(2)29(33(39)43-4)31(30)27-8-5-9-28(19-27)37(41)42/h5-14,17,19-20,31,36H,15-16,18H2,1-4H3. The predicted molar refractivity (Wildman–Crippen MR) is 165 cm³/mol. The number of esters is 3. The van der Waals surface area contributed by atoms with E-state index in [0.717, 1.165) is 23.1 Å². The van der Waals surface area contributed by atoms with Crippen molar-refractivity contribution < 1.29 is 33.5 Å². The van der Waals surface area contributed by atoms with Gasteiger partial charge >= 0.3 is 17.9 Å². The van der Waals surface area contributed by atoms with E-state index in [4.69, 9.17) is 14.2 Å². The first kappa shape index (κ1) is 32.3. The topological polar surface area (TPSA) is 147 Å². The van der Waals surface area contributed by atoms with E-state index in [2.05, 4.69) is 10.3 Å². The zero-order chi connectivity index (χ0) is 32.5. The smallest absolute Gasteiger partial charge is 0.336 e. The molecule has 1 aromatic heterocycles. The molecule has 1 atom stereocenters. The van der Waals surface area contributed by atoms with Gasteiger partial charge in [0.25, 0.3) is 5.69 Å². The normalized spacial score (nSPS) is 14.8. The SMILES string of the molecule is COC(=O)C1=C(C)NC(C)=C(C(=O)OCCOC(=O)C(C)=Cc2ccc(Cc3cccnc3)cc2)C1c1cccc([N+](=O)[O-])c1. The van der Waals surface area contributed by atoms with Gasteiger partial charge in [-0.3, -0.25) is 15.1 Å².